The van der Waals surface area contributed by atoms with E-state index in [-0.39, 0.29) is 17.6 Å². The van der Waals surface area contributed by atoms with Gasteiger partial charge in [0.05, 0.1) is 17.8 Å². The Morgan fingerprint density at radius 2 is 2.27 bits per heavy atom. The van der Waals surface area contributed by atoms with Gasteiger partial charge < -0.3 is 5.73 Å². The van der Waals surface area contributed by atoms with Crippen molar-refractivity contribution in [1.29, 1.82) is 0 Å². The molecule has 1 saturated heterocycles. The normalized spacial score (nSPS) is 19.2. The fourth-order valence-corrected chi connectivity index (χ4v) is 3.00. The quantitative estimate of drug-likeness (QED) is 0.906. The number of piperidine rings is 1. The number of amides is 1. The van der Waals surface area contributed by atoms with Crippen molar-refractivity contribution >= 4 is 5.91 Å². The molecule has 3 N–H and O–H groups in total. The Bertz CT molecular complexity index is 670. The molecule has 2 aromatic rings. The van der Waals surface area contributed by atoms with Crippen LogP contribution >= 0.6 is 0 Å². The molecule has 116 valence electrons. The first-order valence-electron chi connectivity index (χ1n) is 7.44. The van der Waals surface area contributed by atoms with Gasteiger partial charge in [-0.05, 0) is 31.5 Å². The van der Waals surface area contributed by atoms with E-state index < -0.39 is 0 Å². The number of hydrogen-bond donors (Lipinski definition) is 2. The van der Waals surface area contributed by atoms with Gasteiger partial charge in [0.15, 0.2) is 0 Å². The van der Waals surface area contributed by atoms with Gasteiger partial charge in [-0.25, -0.2) is 4.39 Å². The molecule has 0 aliphatic carbocycles. The van der Waals surface area contributed by atoms with Crippen molar-refractivity contribution in [1.82, 2.24) is 15.1 Å². The van der Waals surface area contributed by atoms with Crippen LogP contribution in [-0.2, 0) is 11.3 Å². The number of likely N-dealkylation sites (tertiary alicyclic amines) is 1. The molecule has 0 radical (unpaired) electrons. The number of aromatic amines is 1. The van der Waals surface area contributed by atoms with Crippen LogP contribution in [0.4, 0.5) is 4.39 Å². The maximum absolute atomic E-state index is 14.0. The van der Waals surface area contributed by atoms with E-state index in [9.17, 15) is 9.18 Å². The highest BCUT2D eigenvalue weighted by Crippen LogP contribution is 2.26. The number of nitrogens with two attached hydrogens (primary N) is 1. The second-order valence-electron chi connectivity index (χ2n) is 5.73. The summed E-state index contributed by atoms with van der Waals surface area (Å²) in [5, 5.41) is 6.93. The molecule has 1 fully saturated rings. The molecule has 1 amide bonds. The number of rotatable bonds is 4. The van der Waals surface area contributed by atoms with Crippen molar-refractivity contribution < 1.29 is 9.18 Å². The first-order chi connectivity index (χ1) is 10.6. The minimum absolute atomic E-state index is 0.0995. The van der Waals surface area contributed by atoms with Gasteiger partial charge in [0.2, 0.25) is 5.91 Å². The SMILES string of the molecule is NC(=O)C1CCCN(Cc2cn[nH]c2-c2ccccc2F)C1. The van der Waals surface area contributed by atoms with E-state index in [4.69, 9.17) is 5.73 Å². The fourth-order valence-electron chi connectivity index (χ4n) is 3.00. The average Bonchev–Trinajstić information content (AvgIpc) is 2.96. The van der Waals surface area contributed by atoms with Gasteiger partial charge in [-0.15, -0.1) is 0 Å². The highest BCUT2D eigenvalue weighted by atomic mass is 19.1. The van der Waals surface area contributed by atoms with E-state index >= 15 is 0 Å². The molecule has 0 saturated carbocycles. The number of carbonyl (C=O) groups excluding carboxylic acids is 1. The molecule has 1 aromatic carbocycles. The molecular formula is C16H19FN4O. The van der Waals surface area contributed by atoms with Crippen LogP contribution in [0.15, 0.2) is 30.5 Å². The Morgan fingerprint density at radius 1 is 1.45 bits per heavy atom. The minimum atomic E-state index is -0.276. The van der Waals surface area contributed by atoms with Crippen molar-refractivity contribution in [2.24, 2.45) is 11.7 Å². The van der Waals surface area contributed by atoms with E-state index in [1.54, 1.807) is 24.4 Å². The summed E-state index contributed by atoms with van der Waals surface area (Å²) in [4.78, 5) is 13.5. The van der Waals surface area contributed by atoms with Gasteiger partial charge in [-0.2, -0.15) is 5.10 Å². The van der Waals surface area contributed by atoms with Crippen LogP contribution in [0.2, 0.25) is 0 Å². The predicted octanol–water partition coefficient (Wildman–Crippen LogP) is 1.91. The summed E-state index contributed by atoms with van der Waals surface area (Å²) in [6.07, 6.45) is 3.51. The summed E-state index contributed by atoms with van der Waals surface area (Å²) in [6.45, 7) is 2.19. The van der Waals surface area contributed by atoms with Crippen molar-refractivity contribution in [2.75, 3.05) is 13.1 Å². The average molecular weight is 302 g/mol. The van der Waals surface area contributed by atoms with E-state index in [2.05, 4.69) is 15.1 Å². The Hall–Kier alpha value is -2.21. The van der Waals surface area contributed by atoms with Crippen LogP contribution in [0.25, 0.3) is 11.3 Å². The van der Waals surface area contributed by atoms with E-state index in [0.717, 1.165) is 24.9 Å². The van der Waals surface area contributed by atoms with Crippen molar-refractivity contribution in [2.45, 2.75) is 19.4 Å². The molecule has 2 heterocycles. The smallest absolute Gasteiger partial charge is 0.221 e. The molecule has 1 atom stereocenters. The maximum Gasteiger partial charge on any atom is 0.221 e. The Morgan fingerprint density at radius 3 is 3.05 bits per heavy atom. The Labute approximate surface area is 128 Å². The molecule has 1 unspecified atom stereocenters. The van der Waals surface area contributed by atoms with Crippen molar-refractivity contribution in [3.05, 3.63) is 41.8 Å². The number of primary amides is 1. The number of nitrogens with zero attached hydrogens (tertiary/aromatic N) is 2. The number of benzene rings is 1. The monoisotopic (exact) mass is 302 g/mol. The first kappa shape index (κ1) is 14.7. The van der Waals surface area contributed by atoms with Gasteiger partial charge in [0.25, 0.3) is 0 Å². The third-order valence-electron chi connectivity index (χ3n) is 4.16. The molecule has 0 bridgehead atoms. The molecule has 0 spiro atoms. The van der Waals surface area contributed by atoms with Crippen LogP contribution < -0.4 is 5.73 Å². The predicted molar refractivity (Wildman–Crippen MR) is 81.2 cm³/mol. The number of aromatic nitrogens is 2. The van der Waals surface area contributed by atoms with Gasteiger partial charge in [0.1, 0.15) is 5.82 Å². The summed E-state index contributed by atoms with van der Waals surface area (Å²) in [6, 6.07) is 6.63. The minimum Gasteiger partial charge on any atom is -0.369 e. The number of hydrogen-bond acceptors (Lipinski definition) is 3. The summed E-state index contributed by atoms with van der Waals surface area (Å²) in [5.74, 6) is -0.620. The fraction of sp³-hybridized carbons (Fsp3) is 0.375. The van der Waals surface area contributed by atoms with Gasteiger partial charge in [0, 0.05) is 24.2 Å². The molecule has 22 heavy (non-hydrogen) atoms. The lowest BCUT2D eigenvalue weighted by Gasteiger charge is -2.31. The number of H-pyrrole nitrogens is 1. The lowest BCUT2D eigenvalue weighted by Crippen LogP contribution is -2.40. The molecule has 5 nitrogen and oxygen atoms in total. The highest BCUT2D eigenvalue weighted by molar-refractivity contribution is 5.77. The number of halogens is 1. The van der Waals surface area contributed by atoms with Crippen LogP contribution in [-0.4, -0.2) is 34.1 Å². The molecule has 1 aromatic heterocycles. The summed E-state index contributed by atoms with van der Waals surface area (Å²) < 4.78 is 14.0. The van der Waals surface area contributed by atoms with Gasteiger partial charge in [-0.3, -0.25) is 14.8 Å². The molecule has 1 aliphatic heterocycles. The molecule has 3 rings (SSSR count). The zero-order chi connectivity index (χ0) is 15.5. The van der Waals surface area contributed by atoms with Gasteiger partial charge in [-0.1, -0.05) is 12.1 Å². The topological polar surface area (TPSA) is 75.0 Å². The Kier molecular flexibility index (Phi) is 4.20. The second kappa shape index (κ2) is 6.27. The number of carbonyl (C=O) groups is 1. The first-order valence-corrected chi connectivity index (χ1v) is 7.44. The highest BCUT2D eigenvalue weighted by Gasteiger charge is 2.25. The lowest BCUT2D eigenvalue weighted by molar-refractivity contribution is -0.123. The summed E-state index contributed by atoms with van der Waals surface area (Å²) >= 11 is 0. The number of nitrogens with one attached hydrogen (secondary N) is 1. The van der Waals surface area contributed by atoms with Gasteiger partial charge >= 0.3 is 0 Å². The van der Waals surface area contributed by atoms with Crippen LogP contribution in [0.5, 0.6) is 0 Å². The van der Waals surface area contributed by atoms with E-state index in [1.165, 1.54) is 6.07 Å². The Balaban J connectivity index is 1.78. The second-order valence-corrected chi connectivity index (χ2v) is 5.73. The molecular weight excluding hydrogens is 283 g/mol. The summed E-state index contributed by atoms with van der Waals surface area (Å²) in [5.41, 5.74) is 7.54. The van der Waals surface area contributed by atoms with Crippen LogP contribution in [0, 0.1) is 11.7 Å². The van der Waals surface area contributed by atoms with Crippen LogP contribution in [0.3, 0.4) is 0 Å². The largest absolute Gasteiger partial charge is 0.369 e. The third-order valence-corrected chi connectivity index (χ3v) is 4.16. The maximum atomic E-state index is 14.0. The molecule has 6 heteroatoms. The third kappa shape index (κ3) is 3.01. The van der Waals surface area contributed by atoms with E-state index in [1.807, 2.05) is 0 Å². The van der Waals surface area contributed by atoms with Crippen molar-refractivity contribution in [3.8, 4) is 11.3 Å². The van der Waals surface area contributed by atoms with E-state index in [0.29, 0.717) is 24.3 Å². The van der Waals surface area contributed by atoms with Crippen LogP contribution in [0.1, 0.15) is 18.4 Å². The van der Waals surface area contributed by atoms with Crippen molar-refractivity contribution in [3.63, 3.8) is 0 Å². The zero-order valence-electron chi connectivity index (χ0n) is 12.3. The summed E-state index contributed by atoms with van der Waals surface area (Å²) in [7, 11) is 0. The molecule has 1 aliphatic rings. The lowest BCUT2D eigenvalue weighted by atomic mass is 9.97. The zero-order valence-corrected chi connectivity index (χ0v) is 12.3. The standard InChI is InChI=1S/C16H19FN4O/c17-14-6-2-1-5-13(14)15-12(8-19-20-15)10-21-7-3-4-11(9-21)16(18)22/h1-2,5-6,8,11H,3-4,7,9-10H2,(H2,18,22)(H,19,20).